The maximum atomic E-state index is 14.9. The second kappa shape index (κ2) is 8.69. The Labute approximate surface area is 213 Å². The van der Waals surface area contributed by atoms with Crippen LogP contribution < -0.4 is 9.47 Å². The Kier molecular flexibility index (Phi) is 5.41. The average Bonchev–Trinajstić information content (AvgIpc) is 3.63. The lowest BCUT2D eigenvalue weighted by atomic mass is 9.81. The first-order valence-corrected chi connectivity index (χ1v) is 11.7. The fourth-order valence-corrected chi connectivity index (χ4v) is 4.82. The van der Waals surface area contributed by atoms with Gasteiger partial charge in [-0.15, -0.1) is 0 Å². The van der Waals surface area contributed by atoms with Gasteiger partial charge in [0.25, 0.3) is 0 Å². The van der Waals surface area contributed by atoms with Crippen molar-refractivity contribution in [1.82, 2.24) is 15.0 Å². The van der Waals surface area contributed by atoms with E-state index < -0.39 is 34.6 Å². The monoisotopic (exact) mass is 519 g/mol. The minimum Gasteiger partial charge on any atom is -0.492 e. The molecule has 10 heteroatoms. The smallest absolute Gasteiger partial charge is 0.307 e. The molecule has 192 valence electrons. The molecule has 1 aliphatic heterocycles. The number of ether oxygens (including phenoxy) is 2. The van der Waals surface area contributed by atoms with Crippen molar-refractivity contribution in [2.24, 2.45) is 0 Å². The molecule has 1 atom stereocenters. The predicted octanol–water partition coefficient (Wildman–Crippen LogP) is 6.09. The van der Waals surface area contributed by atoms with Crippen LogP contribution in [0.2, 0.25) is 0 Å². The van der Waals surface area contributed by atoms with Crippen LogP contribution in [-0.2, 0) is 16.6 Å². The van der Waals surface area contributed by atoms with Gasteiger partial charge in [0.2, 0.25) is 0 Å². The summed E-state index contributed by atoms with van der Waals surface area (Å²) in [5.74, 6) is -3.24. The number of rotatable bonds is 6. The number of halogens is 3. The Bertz CT molecular complexity index is 1730. The number of hydrogen-bond acceptors (Lipinski definition) is 4. The predicted molar refractivity (Wildman–Crippen MR) is 132 cm³/mol. The van der Waals surface area contributed by atoms with Gasteiger partial charge < -0.3 is 24.5 Å². The van der Waals surface area contributed by atoms with E-state index in [-0.39, 0.29) is 41.1 Å². The molecule has 0 aliphatic carbocycles. The molecule has 3 N–H and O–H groups in total. The second-order valence-electron chi connectivity index (χ2n) is 9.31. The standard InChI is InChI=1S/C28H20F3N3O4/c1-28(13-37-25-14(9-23(35)36)3-2-4-18(25)28)22-12-33-27(34-22)17-10-15(5-6-19(17)29)38-26-20(30)11-21-16(24(26)31)7-8-32-21/h2-8,10-12,32H,9,13H2,1H3,(H,33,34)(H,35,36)/t28-/m1/s1. The Morgan fingerprint density at radius 1 is 1.16 bits per heavy atom. The number of nitrogens with one attached hydrogen (secondary N) is 2. The van der Waals surface area contributed by atoms with Gasteiger partial charge in [0, 0.05) is 40.7 Å². The number of aromatic nitrogens is 3. The van der Waals surface area contributed by atoms with Crippen LogP contribution >= 0.6 is 0 Å². The highest BCUT2D eigenvalue weighted by Crippen LogP contribution is 2.45. The number of nitrogens with zero attached hydrogens (tertiary/aromatic N) is 1. The van der Waals surface area contributed by atoms with E-state index in [0.717, 1.165) is 17.7 Å². The largest absolute Gasteiger partial charge is 0.492 e. The van der Waals surface area contributed by atoms with E-state index in [1.54, 1.807) is 18.3 Å². The van der Waals surface area contributed by atoms with Crippen molar-refractivity contribution in [2.75, 3.05) is 6.61 Å². The summed E-state index contributed by atoms with van der Waals surface area (Å²) in [5.41, 5.74) is 1.61. The Morgan fingerprint density at radius 2 is 2.00 bits per heavy atom. The van der Waals surface area contributed by atoms with E-state index in [1.165, 1.54) is 24.4 Å². The summed E-state index contributed by atoms with van der Waals surface area (Å²) in [6.45, 7) is 2.14. The average molecular weight is 519 g/mol. The fraction of sp³-hybridized carbons (Fsp3) is 0.143. The molecule has 5 aromatic rings. The van der Waals surface area contributed by atoms with Crippen molar-refractivity contribution in [2.45, 2.75) is 18.8 Å². The highest BCUT2D eigenvalue weighted by atomic mass is 19.1. The van der Waals surface area contributed by atoms with E-state index in [0.29, 0.717) is 17.0 Å². The number of carbonyl (C=O) groups is 1. The van der Waals surface area contributed by atoms with E-state index >= 15 is 0 Å². The molecule has 0 saturated carbocycles. The lowest BCUT2D eigenvalue weighted by Crippen LogP contribution is -2.25. The van der Waals surface area contributed by atoms with Crippen LogP contribution in [0.1, 0.15) is 23.7 Å². The van der Waals surface area contributed by atoms with E-state index in [9.17, 15) is 23.1 Å². The van der Waals surface area contributed by atoms with Crippen molar-refractivity contribution in [1.29, 1.82) is 0 Å². The summed E-state index contributed by atoms with van der Waals surface area (Å²) in [7, 11) is 0. The molecule has 0 radical (unpaired) electrons. The first-order chi connectivity index (χ1) is 18.2. The number of aliphatic carboxylic acids is 1. The van der Waals surface area contributed by atoms with Gasteiger partial charge in [-0.3, -0.25) is 4.79 Å². The molecule has 0 saturated heterocycles. The van der Waals surface area contributed by atoms with Gasteiger partial charge in [-0.2, -0.15) is 0 Å². The van der Waals surface area contributed by atoms with Gasteiger partial charge in [-0.1, -0.05) is 18.2 Å². The molecule has 1 aliphatic rings. The van der Waals surface area contributed by atoms with Crippen LogP contribution in [0.3, 0.4) is 0 Å². The molecule has 0 amide bonds. The number of benzene rings is 3. The zero-order chi connectivity index (χ0) is 26.6. The van der Waals surface area contributed by atoms with Crippen LogP contribution in [0.5, 0.6) is 17.2 Å². The van der Waals surface area contributed by atoms with Crippen molar-refractivity contribution < 1.29 is 32.5 Å². The molecule has 3 aromatic carbocycles. The quantitative estimate of drug-likeness (QED) is 0.252. The topological polar surface area (TPSA) is 100 Å². The Balaban J connectivity index is 1.34. The molecule has 6 rings (SSSR count). The number of aromatic amines is 2. The number of carboxylic acid groups (broad SMARTS) is 1. The minimum absolute atomic E-state index is 0.0195. The summed E-state index contributed by atoms with van der Waals surface area (Å²) in [6, 6.07) is 11.6. The first kappa shape index (κ1) is 23.7. The third-order valence-electron chi connectivity index (χ3n) is 6.82. The lowest BCUT2D eigenvalue weighted by Gasteiger charge is -2.21. The van der Waals surface area contributed by atoms with Crippen molar-refractivity contribution in [3.05, 3.63) is 95.2 Å². The van der Waals surface area contributed by atoms with Crippen molar-refractivity contribution in [3.63, 3.8) is 0 Å². The lowest BCUT2D eigenvalue weighted by molar-refractivity contribution is -0.136. The molecule has 3 heterocycles. The normalized spacial score (nSPS) is 16.4. The number of hydrogen-bond donors (Lipinski definition) is 3. The highest BCUT2D eigenvalue weighted by Gasteiger charge is 2.41. The summed E-state index contributed by atoms with van der Waals surface area (Å²) in [6.07, 6.45) is 2.87. The molecular weight excluding hydrogens is 499 g/mol. The number of carboxylic acids is 1. The first-order valence-electron chi connectivity index (χ1n) is 11.7. The van der Waals surface area contributed by atoms with E-state index in [4.69, 9.17) is 9.47 Å². The van der Waals surface area contributed by atoms with Gasteiger partial charge in [0.1, 0.15) is 29.7 Å². The highest BCUT2D eigenvalue weighted by molar-refractivity contribution is 5.82. The van der Waals surface area contributed by atoms with Crippen molar-refractivity contribution in [3.8, 4) is 28.6 Å². The summed E-state index contributed by atoms with van der Waals surface area (Å²) in [5, 5.41) is 9.39. The number of H-pyrrole nitrogens is 2. The molecule has 0 fully saturated rings. The maximum Gasteiger partial charge on any atom is 0.307 e. The SMILES string of the molecule is C[C@@]1(c2cnc(-c3cc(Oc4c(F)cc5[nH]ccc5c4F)ccc3F)[nH]2)COc2c(CC(=O)O)cccc21. The van der Waals surface area contributed by atoms with Gasteiger partial charge in [-0.05, 0) is 31.2 Å². The zero-order valence-electron chi connectivity index (χ0n) is 19.9. The molecule has 2 aromatic heterocycles. The van der Waals surface area contributed by atoms with Crippen LogP contribution in [0.4, 0.5) is 13.2 Å². The minimum atomic E-state index is -0.968. The van der Waals surface area contributed by atoms with Crippen LogP contribution in [0, 0.1) is 17.5 Å². The van der Waals surface area contributed by atoms with Crippen LogP contribution in [0.25, 0.3) is 22.3 Å². The third kappa shape index (κ3) is 3.76. The number of para-hydroxylation sites is 1. The number of fused-ring (bicyclic) bond motifs is 2. The molecule has 38 heavy (non-hydrogen) atoms. The molecular formula is C28H20F3N3O4. The van der Waals surface area contributed by atoms with E-state index in [2.05, 4.69) is 15.0 Å². The molecule has 0 spiro atoms. The summed E-state index contributed by atoms with van der Waals surface area (Å²) < 4.78 is 55.7. The van der Waals surface area contributed by atoms with Crippen LogP contribution in [-0.4, -0.2) is 32.6 Å². The van der Waals surface area contributed by atoms with Crippen LogP contribution in [0.15, 0.2) is 60.9 Å². The maximum absolute atomic E-state index is 14.9. The van der Waals surface area contributed by atoms with Crippen molar-refractivity contribution >= 4 is 16.9 Å². The molecule has 7 nitrogen and oxygen atoms in total. The second-order valence-corrected chi connectivity index (χ2v) is 9.31. The number of imidazole rings is 1. The Morgan fingerprint density at radius 3 is 2.82 bits per heavy atom. The van der Waals surface area contributed by atoms with Gasteiger partial charge in [0.05, 0.1) is 22.9 Å². The molecule has 0 bridgehead atoms. The van der Waals surface area contributed by atoms with Gasteiger partial charge in [-0.25, -0.2) is 18.2 Å². The van der Waals surface area contributed by atoms with Gasteiger partial charge in [0.15, 0.2) is 17.4 Å². The Hall–Kier alpha value is -4.73. The van der Waals surface area contributed by atoms with E-state index in [1.807, 2.05) is 13.0 Å². The van der Waals surface area contributed by atoms with Gasteiger partial charge >= 0.3 is 5.97 Å². The molecule has 0 unspecified atom stereocenters. The third-order valence-corrected chi connectivity index (χ3v) is 6.82. The summed E-state index contributed by atoms with van der Waals surface area (Å²) >= 11 is 0. The fourth-order valence-electron chi connectivity index (χ4n) is 4.82. The summed E-state index contributed by atoms with van der Waals surface area (Å²) in [4.78, 5) is 21.5. The zero-order valence-corrected chi connectivity index (χ0v) is 19.9.